The number of nitriles is 1. The molecule has 5 rings (SSSR count). The first kappa shape index (κ1) is 19.1. The molecule has 1 aliphatic heterocycles. The molecule has 1 aromatic heterocycles. The number of aromatic nitrogens is 3. The van der Waals surface area contributed by atoms with Crippen LogP contribution in [0.5, 0.6) is 5.75 Å². The fraction of sp³-hybridized carbons (Fsp3) is 0.250. The van der Waals surface area contributed by atoms with E-state index in [0.29, 0.717) is 34.9 Å². The third-order valence-electron chi connectivity index (χ3n) is 5.79. The Morgan fingerprint density at radius 3 is 2.68 bits per heavy atom. The smallest absolute Gasteiger partial charge is 0.226 e. The molecule has 2 heterocycles. The zero-order valence-corrected chi connectivity index (χ0v) is 17.3. The van der Waals surface area contributed by atoms with E-state index >= 15 is 0 Å². The summed E-state index contributed by atoms with van der Waals surface area (Å²) in [6.45, 7) is 4.18. The van der Waals surface area contributed by atoms with Gasteiger partial charge in [0.1, 0.15) is 11.8 Å². The summed E-state index contributed by atoms with van der Waals surface area (Å²) in [6.07, 6.45) is 1.19. The minimum atomic E-state index is -0.429. The zero-order valence-electron chi connectivity index (χ0n) is 17.3. The van der Waals surface area contributed by atoms with E-state index in [1.54, 1.807) is 35.0 Å². The van der Waals surface area contributed by atoms with Gasteiger partial charge < -0.3 is 10.4 Å². The van der Waals surface area contributed by atoms with Crippen molar-refractivity contribution in [2.75, 3.05) is 5.32 Å². The molecule has 31 heavy (non-hydrogen) atoms. The van der Waals surface area contributed by atoms with E-state index in [9.17, 15) is 9.90 Å². The lowest BCUT2D eigenvalue weighted by atomic mass is 9.73. The number of phenols is 1. The summed E-state index contributed by atoms with van der Waals surface area (Å²) >= 11 is 0. The van der Waals surface area contributed by atoms with Crippen LogP contribution < -0.4 is 5.32 Å². The molecule has 0 saturated heterocycles. The van der Waals surface area contributed by atoms with Crippen LogP contribution in [0.2, 0.25) is 0 Å². The molecule has 0 amide bonds. The molecule has 154 valence electrons. The summed E-state index contributed by atoms with van der Waals surface area (Å²) in [5.41, 5.74) is 3.54. The number of hydrogen-bond acceptors (Lipinski definition) is 6. The van der Waals surface area contributed by atoms with Crippen LogP contribution in [0.15, 0.2) is 59.8 Å². The zero-order chi connectivity index (χ0) is 21.8. The van der Waals surface area contributed by atoms with Gasteiger partial charge in [0.2, 0.25) is 5.95 Å². The number of allylic oxidation sites excluding steroid dienone is 2. The number of carbonyl (C=O) groups excluding carboxylic acids is 1. The van der Waals surface area contributed by atoms with Crippen molar-refractivity contribution < 1.29 is 9.90 Å². The lowest BCUT2D eigenvalue weighted by Crippen LogP contribution is -2.36. The van der Waals surface area contributed by atoms with Gasteiger partial charge in [-0.2, -0.15) is 10.2 Å². The van der Waals surface area contributed by atoms with Gasteiger partial charge >= 0.3 is 0 Å². The van der Waals surface area contributed by atoms with Crippen molar-refractivity contribution in [3.05, 3.63) is 70.9 Å². The average molecular weight is 411 g/mol. The van der Waals surface area contributed by atoms with Crippen molar-refractivity contribution in [3.63, 3.8) is 0 Å². The van der Waals surface area contributed by atoms with Gasteiger partial charge in [-0.25, -0.2) is 4.68 Å². The molecule has 2 aliphatic rings. The Morgan fingerprint density at radius 1 is 1.19 bits per heavy atom. The molecule has 0 fully saturated rings. The van der Waals surface area contributed by atoms with Crippen molar-refractivity contribution in [2.45, 2.75) is 32.7 Å². The van der Waals surface area contributed by atoms with Crippen LogP contribution in [0.3, 0.4) is 0 Å². The Labute approximate surface area is 179 Å². The predicted octanol–water partition coefficient (Wildman–Crippen LogP) is 4.18. The summed E-state index contributed by atoms with van der Waals surface area (Å²) in [5, 5.41) is 27.1. The molecule has 1 unspecified atom stereocenters. The van der Waals surface area contributed by atoms with Crippen molar-refractivity contribution in [2.24, 2.45) is 5.41 Å². The highest BCUT2D eigenvalue weighted by molar-refractivity contribution is 6.00. The average Bonchev–Trinajstić information content (AvgIpc) is 3.15. The van der Waals surface area contributed by atoms with E-state index < -0.39 is 6.04 Å². The fourth-order valence-electron chi connectivity index (χ4n) is 4.42. The van der Waals surface area contributed by atoms with Crippen molar-refractivity contribution in [1.29, 1.82) is 5.26 Å². The van der Waals surface area contributed by atoms with E-state index in [1.165, 1.54) is 0 Å². The first-order valence-corrected chi connectivity index (χ1v) is 10.1. The van der Waals surface area contributed by atoms with E-state index in [-0.39, 0.29) is 16.9 Å². The molecule has 0 radical (unpaired) electrons. The summed E-state index contributed by atoms with van der Waals surface area (Å²) < 4.78 is 1.73. The number of benzene rings is 2. The van der Waals surface area contributed by atoms with Crippen LogP contribution in [0.4, 0.5) is 5.95 Å². The maximum Gasteiger partial charge on any atom is 0.226 e. The molecule has 7 nitrogen and oxygen atoms in total. The maximum atomic E-state index is 13.2. The van der Waals surface area contributed by atoms with Crippen LogP contribution in [0.1, 0.15) is 43.9 Å². The van der Waals surface area contributed by atoms with Gasteiger partial charge in [-0.1, -0.05) is 38.1 Å². The van der Waals surface area contributed by atoms with E-state index in [1.807, 2.05) is 18.2 Å². The molecular formula is C24H21N5O2. The maximum absolute atomic E-state index is 13.2. The molecule has 7 heteroatoms. The Balaban J connectivity index is 1.68. The van der Waals surface area contributed by atoms with Crippen molar-refractivity contribution >= 4 is 11.7 Å². The van der Waals surface area contributed by atoms with Gasteiger partial charge in [0.15, 0.2) is 11.6 Å². The first-order valence-electron chi connectivity index (χ1n) is 10.1. The Kier molecular flexibility index (Phi) is 4.19. The fourth-order valence-corrected chi connectivity index (χ4v) is 4.42. The van der Waals surface area contributed by atoms with Crippen LogP contribution in [0.25, 0.3) is 11.4 Å². The lowest BCUT2D eigenvalue weighted by molar-refractivity contribution is -0.118. The van der Waals surface area contributed by atoms with Gasteiger partial charge in [-0.3, -0.25) is 4.79 Å². The number of ketones is 1. The Hall–Kier alpha value is -3.92. The van der Waals surface area contributed by atoms with E-state index in [0.717, 1.165) is 17.7 Å². The van der Waals surface area contributed by atoms with Gasteiger partial charge in [-0.05, 0) is 41.7 Å². The third kappa shape index (κ3) is 3.26. The molecule has 0 saturated carbocycles. The second-order valence-electron chi connectivity index (χ2n) is 8.85. The number of carbonyl (C=O) groups is 1. The number of phenolic OH excluding ortho intramolecular Hbond substituents is 1. The molecule has 0 spiro atoms. The van der Waals surface area contributed by atoms with Crippen molar-refractivity contribution in [3.8, 4) is 23.2 Å². The molecule has 2 aromatic carbocycles. The molecule has 0 bridgehead atoms. The van der Waals surface area contributed by atoms with E-state index in [4.69, 9.17) is 10.4 Å². The largest absolute Gasteiger partial charge is 0.508 e. The van der Waals surface area contributed by atoms with Gasteiger partial charge in [0.25, 0.3) is 0 Å². The monoisotopic (exact) mass is 411 g/mol. The number of Topliss-reactive ketones (excluding diaryl/α,β-unsaturated/α-hetero) is 1. The minimum Gasteiger partial charge on any atom is -0.508 e. The summed E-state index contributed by atoms with van der Waals surface area (Å²) in [6, 6.07) is 15.7. The number of anilines is 1. The first-order chi connectivity index (χ1) is 14.8. The summed E-state index contributed by atoms with van der Waals surface area (Å²) in [5.74, 6) is 1.24. The SMILES string of the molecule is CC1(C)CC(=O)C2=C(C1)Nc1nc(-c3cccc(O)c3)nn1C2c1ccc(C#N)cc1. The number of aromatic hydroxyl groups is 1. The molecular weight excluding hydrogens is 390 g/mol. The number of fused-ring (bicyclic) bond motifs is 1. The number of rotatable bonds is 2. The van der Waals surface area contributed by atoms with Crippen LogP contribution in [-0.2, 0) is 4.79 Å². The van der Waals surface area contributed by atoms with E-state index in [2.05, 4.69) is 30.2 Å². The highest BCUT2D eigenvalue weighted by Gasteiger charge is 2.41. The molecule has 1 aliphatic carbocycles. The van der Waals surface area contributed by atoms with Gasteiger partial charge in [0.05, 0.1) is 11.6 Å². The highest BCUT2D eigenvalue weighted by atomic mass is 16.3. The quantitative estimate of drug-likeness (QED) is 0.656. The van der Waals surface area contributed by atoms with Crippen molar-refractivity contribution in [1.82, 2.24) is 14.8 Å². The number of nitrogens with one attached hydrogen (secondary N) is 1. The summed E-state index contributed by atoms with van der Waals surface area (Å²) in [7, 11) is 0. The summed E-state index contributed by atoms with van der Waals surface area (Å²) in [4.78, 5) is 17.9. The third-order valence-corrected chi connectivity index (χ3v) is 5.79. The molecule has 3 aromatic rings. The van der Waals surface area contributed by atoms with Gasteiger partial charge in [-0.15, -0.1) is 5.10 Å². The van der Waals surface area contributed by atoms with Crippen LogP contribution in [-0.4, -0.2) is 25.7 Å². The number of hydrogen-bond donors (Lipinski definition) is 2. The molecule has 1 atom stereocenters. The number of nitrogens with zero attached hydrogens (tertiary/aromatic N) is 4. The second kappa shape index (κ2) is 6.81. The minimum absolute atomic E-state index is 0.0909. The molecule has 2 N–H and O–H groups in total. The van der Waals surface area contributed by atoms with Crippen LogP contribution >= 0.6 is 0 Å². The van der Waals surface area contributed by atoms with Gasteiger partial charge in [0, 0.05) is 23.3 Å². The predicted molar refractivity (Wildman–Crippen MR) is 115 cm³/mol. The normalized spacial score (nSPS) is 19.3. The lowest BCUT2D eigenvalue weighted by Gasteiger charge is -2.38. The second-order valence-corrected chi connectivity index (χ2v) is 8.85. The standard InChI is InChI=1S/C24H21N5O2/c1-24(2)11-18-20(19(31)12-24)21(15-8-6-14(13-25)7-9-15)29-23(26-18)27-22(28-29)16-4-3-5-17(30)10-16/h3-10,21,30H,11-12H2,1-2H3,(H,26,27,28). The highest BCUT2D eigenvalue weighted by Crippen LogP contribution is 2.45. The van der Waals surface area contributed by atoms with Crippen LogP contribution in [0, 0.1) is 16.7 Å². The Bertz CT molecular complexity index is 1280. The Morgan fingerprint density at radius 2 is 1.97 bits per heavy atom. The topological polar surface area (TPSA) is 104 Å².